The van der Waals surface area contributed by atoms with Gasteiger partial charge in [-0.3, -0.25) is 10.1 Å². The van der Waals surface area contributed by atoms with Gasteiger partial charge in [0.15, 0.2) is 9.84 Å². The number of sulfone groups is 1. The number of rotatable bonds is 5. The maximum atomic E-state index is 12.4. The van der Waals surface area contributed by atoms with Gasteiger partial charge in [-0.15, -0.1) is 0 Å². The van der Waals surface area contributed by atoms with Crippen LogP contribution in [-0.2, 0) is 16.3 Å². The summed E-state index contributed by atoms with van der Waals surface area (Å²) in [6.45, 7) is 1.67. The minimum Gasteiger partial charge on any atom is -0.478 e. The van der Waals surface area contributed by atoms with Crippen molar-refractivity contribution in [1.29, 1.82) is 0 Å². The Morgan fingerprint density at radius 1 is 1.43 bits per heavy atom. The van der Waals surface area contributed by atoms with Crippen molar-refractivity contribution in [2.45, 2.75) is 42.8 Å². The predicted octanol–water partition coefficient (Wildman–Crippen LogP) is 2.18. The van der Waals surface area contributed by atoms with E-state index in [1.165, 1.54) is 0 Å². The van der Waals surface area contributed by atoms with Crippen LogP contribution in [0.2, 0.25) is 0 Å². The van der Waals surface area contributed by atoms with Gasteiger partial charge in [-0.1, -0.05) is 13.3 Å². The monoisotopic (exact) mass is 313 g/mol. The minimum absolute atomic E-state index is 0.225. The van der Waals surface area contributed by atoms with Gasteiger partial charge in [0, 0.05) is 6.07 Å². The van der Waals surface area contributed by atoms with Crippen molar-refractivity contribution < 1.29 is 23.2 Å². The van der Waals surface area contributed by atoms with E-state index in [0.717, 1.165) is 18.6 Å². The summed E-state index contributed by atoms with van der Waals surface area (Å²) in [5.74, 6) is -1.30. The van der Waals surface area contributed by atoms with E-state index in [0.29, 0.717) is 12.8 Å². The van der Waals surface area contributed by atoms with Crippen molar-refractivity contribution in [3.05, 3.63) is 33.4 Å². The molecular formula is C13H15NO6S. The molecule has 0 saturated heterocycles. The lowest BCUT2D eigenvalue weighted by molar-refractivity contribution is -0.387. The van der Waals surface area contributed by atoms with E-state index >= 15 is 0 Å². The molecule has 1 aromatic rings. The Morgan fingerprint density at radius 3 is 2.43 bits per heavy atom. The van der Waals surface area contributed by atoms with Crippen molar-refractivity contribution in [3.8, 4) is 0 Å². The third-order valence-corrected chi connectivity index (χ3v) is 6.08. The lowest BCUT2D eigenvalue weighted by atomic mass is 10.00. The summed E-state index contributed by atoms with van der Waals surface area (Å²) in [4.78, 5) is 21.1. The fourth-order valence-electron chi connectivity index (χ4n) is 2.33. The molecule has 0 bridgehead atoms. The maximum Gasteiger partial charge on any atom is 0.336 e. The molecule has 0 aromatic heterocycles. The normalized spacial score (nSPS) is 15.5. The third kappa shape index (κ3) is 2.63. The second kappa shape index (κ2) is 5.44. The standard InChI is InChI=1S/C13H15NO6S/c1-2-8-6-12(21(19,20)9-4-3-5-9)11(14(17)18)7-10(8)13(15)16/h6-7,9H,2-5H2,1H3,(H,15,16). The van der Waals surface area contributed by atoms with Crippen molar-refractivity contribution in [2.75, 3.05) is 0 Å². The van der Waals surface area contributed by atoms with Gasteiger partial charge in [0.05, 0.1) is 15.7 Å². The molecule has 8 heteroatoms. The molecule has 114 valence electrons. The molecule has 1 N–H and O–H groups in total. The maximum absolute atomic E-state index is 12.4. The number of benzene rings is 1. The number of hydrogen-bond donors (Lipinski definition) is 1. The summed E-state index contributed by atoms with van der Waals surface area (Å²) in [7, 11) is -3.79. The zero-order valence-electron chi connectivity index (χ0n) is 11.4. The first kappa shape index (κ1) is 15.4. The van der Waals surface area contributed by atoms with Gasteiger partial charge in [0.2, 0.25) is 0 Å². The SMILES string of the molecule is CCc1cc(S(=O)(=O)C2CCC2)c([N+](=O)[O-])cc1C(=O)O. The van der Waals surface area contributed by atoms with Crippen LogP contribution in [0, 0.1) is 10.1 Å². The number of hydrogen-bond acceptors (Lipinski definition) is 5. The summed E-state index contributed by atoms with van der Waals surface area (Å²) >= 11 is 0. The molecule has 0 unspecified atom stereocenters. The number of carboxylic acid groups (broad SMARTS) is 1. The fraction of sp³-hybridized carbons (Fsp3) is 0.462. The first-order chi connectivity index (χ1) is 9.78. The number of nitrogens with zero attached hydrogens (tertiary/aromatic N) is 1. The topological polar surface area (TPSA) is 115 Å². The molecule has 7 nitrogen and oxygen atoms in total. The molecule has 1 saturated carbocycles. The number of carboxylic acids is 1. The first-order valence-corrected chi connectivity index (χ1v) is 8.12. The van der Waals surface area contributed by atoms with Crippen LogP contribution in [0.4, 0.5) is 5.69 Å². The number of aryl methyl sites for hydroxylation is 1. The Kier molecular flexibility index (Phi) is 3.99. The summed E-state index contributed by atoms with van der Waals surface area (Å²) in [6, 6.07) is 2.00. The Hall–Kier alpha value is -1.96. The number of carbonyl (C=O) groups is 1. The molecule has 1 aliphatic carbocycles. The van der Waals surface area contributed by atoms with Gasteiger partial charge < -0.3 is 5.11 Å². The zero-order valence-corrected chi connectivity index (χ0v) is 12.2. The van der Waals surface area contributed by atoms with Crippen LogP contribution in [0.25, 0.3) is 0 Å². The van der Waals surface area contributed by atoms with Crippen LogP contribution in [0.15, 0.2) is 17.0 Å². The highest BCUT2D eigenvalue weighted by atomic mass is 32.2. The fourth-order valence-corrected chi connectivity index (χ4v) is 4.38. The molecule has 2 rings (SSSR count). The largest absolute Gasteiger partial charge is 0.478 e. The lowest BCUT2D eigenvalue weighted by Gasteiger charge is -2.25. The van der Waals surface area contributed by atoms with Gasteiger partial charge in [0.1, 0.15) is 4.90 Å². The number of nitro groups is 1. The molecule has 0 amide bonds. The molecule has 0 spiro atoms. The Bertz CT molecular complexity index is 706. The zero-order chi connectivity index (χ0) is 15.8. The van der Waals surface area contributed by atoms with E-state index in [1.54, 1.807) is 6.92 Å². The molecule has 21 heavy (non-hydrogen) atoms. The van der Waals surface area contributed by atoms with Crippen molar-refractivity contribution in [3.63, 3.8) is 0 Å². The molecule has 0 atom stereocenters. The first-order valence-electron chi connectivity index (χ1n) is 6.57. The smallest absolute Gasteiger partial charge is 0.336 e. The van der Waals surface area contributed by atoms with Gasteiger partial charge in [-0.05, 0) is 30.9 Å². The highest BCUT2D eigenvalue weighted by molar-refractivity contribution is 7.92. The molecule has 1 aromatic carbocycles. The van der Waals surface area contributed by atoms with Gasteiger partial charge in [-0.25, -0.2) is 13.2 Å². The lowest BCUT2D eigenvalue weighted by Crippen LogP contribution is -2.29. The van der Waals surface area contributed by atoms with Gasteiger partial charge >= 0.3 is 5.97 Å². The van der Waals surface area contributed by atoms with Gasteiger partial charge in [-0.2, -0.15) is 0 Å². The van der Waals surface area contributed by atoms with Gasteiger partial charge in [0.25, 0.3) is 5.69 Å². The van der Waals surface area contributed by atoms with Crippen LogP contribution in [0.5, 0.6) is 0 Å². The van der Waals surface area contributed by atoms with Crippen molar-refractivity contribution in [1.82, 2.24) is 0 Å². The van der Waals surface area contributed by atoms with Crippen LogP contribution in [0.1, 0.15) is 42.1 Å². The summed E-state index contributed by atoms with van der Waals surface area (Å²) in [5.41, 5.74) is -0.598. The predicted molar refractivity (Wildman–Crippen MR) is 74.3 cm³/mol. The highest BCUT2D eigenvalue weighted by Crippen LogP contribution is 2.36. The Morgan fingerprint density at radius 2 is 2.05 bits per heavy atom. The molecular weight excluding hydrogens is 298 g/mol. The Balaban J connectivity index is 2.69. The quantitative estimate of drug-likeness (QED) is 0.658. The van der Waals surface area contributed by atoms with E-state index in [-0.39, 0.29) is 22.4 Å². The summed E-state index contributed by atoms with van der Waals surface area (Å²) < 4.78 is 24.9. The molecule has 0 aliphatic heterocycles. The van der Waals surface area contributed by atoms with Crippen LogP contribution >= 0.6 is 0 Å². The third-order valence-electron chi connectivity index (χ3n) is 3.79. The average Bonchev–Trinajstić information content (AvgIpc) is 2.34. The molecule has 0 radical (unpaired) electrons. The van der Waals surface area contributed by atoms with E-state index in [9.17, 15) is 23.3 Å². The van der Waals surface area contributed by atoms with Crippen LogP contribution in [-0.4, -0.2) is 29.7 Å². The second-order valence-electron chi connectivity index (χ2n) is 4.99. The number of nitro benzene ring substituents is 1. The highest BCUT2D eigenvalue weighted by Gasteiger charge is 2.38. The molecule has 0 heterocycles. The second-order valence-corrected chi connectivity index (χ2v) is 7.19. The summed E-state index contributed by atoms with van der Waals surface area (Å²) in [5, 5.41) is 19.6. The van der Waals surface area contributed by atoms with Crippen molar-refractivity contribution in [2.24, 2.45) is 0 Å². The summed E-state index contributed by atoms with van der Waals surface area (Å²) in [6.07, 6.45) is 2.04. The van der Waals surface area contributed by atoms with E-state index in [4.69, 9.17) is 5.11 Å². The average molecular weight is 313 g/mol. The molecule has 1 aliphatic rings. The van der Waals surface area contributed by atoms with Crippen molar-refractivity contribution >= 4 is 21.5 Å². The molecule has 1 fully saturated rings. The number of aromatic carboxylic acids is 1. The Labute approximate surface area is 121 Å². The van der Waals surface area contributed by atoms with Crippen LogP contribution in [0.3, 0.4) is 0 Å². The van der Waals surface area contributed by atoms with E-state index in [1.807, 2.05) is 0 Å². The van der Waals surface area contributed by atoms with Crippen LogP contribution < -0.4 is 0 Å². The van der Waals surface area contributed by atoms with E-state index in [2.05, 4.69) is 0 Å². The minimum atomic E-state index is -3.79. The van der Waals surface area contributed by atoms with E-state index < -0.39 is 31.7 Å².